The molecule has 0 saturated heterocycles. The standard InChI is InChI=1S/C18H22N2O2/c1-14(2)22-17-9-7-15(8-10-17)5-3-12-20-18(21)16-6-4-11-19-13-16/h4,6-11,13-14H,3,5,12H2,1-2H3,(H,20,21). The highest BCUT2D eigenvalue weighted by molar-refractivity contribution is 5.93. The second kappa shape index (κ2) is 8.17. The highest BCUT2D eigenvalue weighted by Crippen LogP contribution is 2.14. The first-order valence-corrected chi connectivity index (χ1v) is 7.59. The quantitative estimate of drug-likeness (QED) is 0.798. The Labute approximate surface area is 131 Å². The molecule has 0 radical (unpaired) electrons. The van der Waals surface area contributed by atoms with E-state index in [1.54, 1.807) is 24.5 Å². The van der Waals surface area contributed by atoms with Gasteiger partial charge in [-0.2, -0.15) is 0 Å². The molecular formula is C18H22N2O2. The van der Waals surface area contributed by atoms with Gasteiger partial charge in [-0.1, -0.05) is 12.1 Å². The first-order valence-electron chi connectivity index (χ1n) is 7.59. The summed E-state index contributed by atoms with van der Waals surface area (Å²) in [5, 5.41) is 2.90. The largest absolute Gasteiger partial charge is 0.491 e. The fraction of sp³-hybridized carbons (Fsp3) is 0.333. The highest BCUT2D eigenvalue weighted by atomic mass is 16.5. The Morgan fingerprint density at radius 2 is 2.00 bits per heavy atom. The number of pyridine rings is 1. The molecule has 0 aliphatic heterocycles. The summed E-state index contributed by atoms with van der Waals surface area (Å²) in [6, 6.07) is 11.6. The molecule has 1 amide bonds. The molecule has 4 heteroatoms. The second-order valence-electron chi connectivity index (χ2n) is 5.41. The van der Waals surface area contributed by atoms with Crippen molar-refractivity contribution in [3.8, 4) is 5.75 Å². The number of aromatic nitrogens is 1. The van der Waals surface area contributed by atoms with Gasteiger partial charge in [-0.3, -0.25) is 9.78 Å². The normalized spacial score (nSPS) is 10.5. The van der Waals surface area contributed by atoms with Gasteiger partial charge in [0, 0.05) is 18.9 Å². The number of carbonyl (C=O) groups excluding carboxylic acids is 1. The summed E-state index contributed by atoms with van der Waals surface area (Å²) in [7, 11) is 0. The molecule has 0 saturated carbocycles. The number of aryl methyl sites for hydroxylation is 1. The summed E-state index contributed by atoms with van der Waals surface area (Å²) in [5.74, 6) is 0.817. The molecule has 0 aliphatic rings. The molecule has 0 spiro atoms. The van der Waals surface area contributed by atoms with Crippen molar-refractivity contribution in [1.82, 2.24) is 10.3 Å². The van der Waals surface area contributed by atoms with E-state index in [0.717, 1.165) is 18.6 Å². The van der Waals surface area contributed by atoms with Crippen LogP contribution in [0.2, 0.25) is 0 Å². The summed E-state index contributed by atoms with van der Waals surface area (Å²) in [6.07, 6.45) is 5.24. The summed E-state index contributed by atoms with van der Waals surface area (Å²) >= 11 is 0. The van der Waals surface area contributed by atoms with Crippen LogP contribution in [0.1, 0.15) is 36.2 Å². The van der Waals surface area contributed by atoms with E-state index in [1.165, 1.54) is 5.56 Å². The molecule has 0 unspecified atom stereocenters. The number of hydrogen-bond donors (Lipinski definition) is 1. The maximum Gasteiger partial charge on any atom is 0.252 e. The first-order chi connectivity index (χ1) is 10.6. The van der Waals surface area contributed by atoms with Crippen molar-refractivity contribution in [2.45, 2.75) is 32.8 Å². The molecule has 2 rings (SSSR count). The molecule has 0 bridgehead atoms. The zero-order chi connectivity index (χ0) is 15.8. The predicted molar refractivity (Wildman–Crippen MR) is 87.1 cm³/mol. The number of nitrogens with one attached hydrogen (secondary N) is 1. The van der Waals surface area contributed by atoms with Gasteiger partial charge in [0.05, 0.1) is 11.7 Å². The van der Waals surface area contributed by atoms with Crippen molar-refractivity contribution in [2.24, 2.45) is 0 Å². The Kier molecular flexibility index (Phi) is 5.95. The summed E-state index contributed by atoms with van der Waals surface area (Å²) < 4.78 is 5.61. The minimum atomic E-state index is -0.0752. The van der Waals surface area contributed by atoms with E-state index in [0.29, 0.717) is 12.1 Å². The van der Waals surface area contributed by atoms with Crippen LogP contribution >= 0.6 is 0 Å². The topological polar surface area (TPSA) is 51.2 Å². The van der Waals surface area contributed by atoms with Crippen molar-refractivity contribution < 1.29 is 9.53 Å². The molecule has 1 aromatic heterocycles. The Morgan fingerprint density at radius 3 is 2.64 bits per heavy atom. The Balaban J connectivity index is 1.71. The maximum atomic E-state index is 11.8. The molecule has 1 N–H and O–H groups in total. The lowest BCUT2D eigenvalue weighted by Crippen LogP contribution is -2.24. The summed E-state index contributed by atoms with van der Waals surface area (Å²) in [6.45, 7) is 4.68. The van der Waals surface area contributed by atoms with Crippen molar-refractivity contribution in [3.05, 3.63) is 59.9 Å². The predicted octanol–water partition coefficient (Wildman–Crippen LogP) is 3.23. The molecule has 0 aliphatic carbocycles. The average Bonchev–Trinajstić information content (AvgIpc) is 2.53. The number of rotatable bonds is 7. The molecule has 1 aromatic carbocycles. The molecule has 116 valence electrons. The Hall–Kier alpha value is -2.36. The highest BCUT2D eigenvalue weighted by Gasteiger charge is 2.04. The van der Waals surface area contributed by atoms with E-state index in [4.69, 9.17) is 4.74 Å². The lowest BCUT2D eigenvalue weighted by Gasteiger charge is -2.10. The van der Waals surface area contributed by atoms with Crippen LogP contribution in [-0.2, 0) is 6.42 Å². The Bertz CT molecular complexity index is 580. The molecule has 22 heavy (non-hydrogen) atoms. The number of amides is 1. The molecule has 1 heterocycles. The van der Waals surface area contributed by atoms with Gasteiger partial charge in [0.1, 0.15) is 5.75 Å². The molecular weight excluding hydrogens is 276 g/mol. The van der Waals surface area contributed by atoms with E-state index in [1.807, 2.05) is 26.0 Å². The maximum absolute atomic E-state index is 11.8. The molecule has 4 nitrogen and oxygen atoms in total. The van der Waals surface area contributed by atoms with E-state index < -0.39 is 0 Å². The van der Waals surface area contributed by atoms with Crippen LogP contribution < -0.4 is 10.1 Å². The first kappa shape index (κ1) is 16.0. The van der Waals surface area contributed by atoms with Crippen LogP contribution in [0.3, 0.4) is 0 Å². The lowest BCUT2D eigenvalue weighted by molar-refractivity contribution is 0.0953. The number of ether oxygens (including phenoxy) is 1. The average molecular weight is 298 g/mol. The van der Waals surface area contributed by atoms with Crippen LogP contribution in [0.15, 0.2) is 48.8 Å². The van der Waals surface area contributed by atoms with Crippen LogP contribution in [0.5, 0.6) is 5.75 Å². The number of benzene rings is 1. The van der Waals surface area contributed by atoms with Gasteiger partial charge in [0.2, 0.25) is 0 Å². The van der Waals surface area contributed by atoms with Gasteiger partial charge in [-0.25, -0.2) is 0 Å². The summed E-state index contributed by atoms with van der Waals surface area (Å²) in [4.78, 5) is 15.8. The Morgan fingerprint density at radius 1 is 1.23 bits per heavy atom. The second-order valence-corrected chi connectivity index (χ2v) is 5.41. The number of carbonyl (C=O) groups is 1. The van der Waals surface area contributed by atoms with Gasteiger partial charge in [-0.05, 0) is 56.5 Å². The SMILES string of the molecule is CC(C)Oc1ccc(CCCNC(=O)c2cccnc2)cc1. The van der Waals surface area contributed by atoms with Crippen LogP contribution in [0, 0.1) is 0 Å². The van der Waals surface area contributed by atoms with E-state index in [-0.39, 0.29) is 12.0 Å². The van der Waals surface area contributed by atoms with Gasteiger partial charge >= 0.3 is 0 Å². The van der Waals surface area contributed by atoms with Crippen molar-refractivity contribution in [1.29, 1.82) is 0 Å². The number of nitrogens with zero attached hydrogens (tertiary/aromatic N) is 1. The van der Waals surface area contributed by atoms with Crippen LogP contribution in [-0.4, -0.2) is 23.5 Å². The third kappa shape index (κ3) is 5.20. The van der Waals surface area contributed by atoms with Crippen LogP contribution in [0.25, 0.3) is 0 Å². The van der Waals surface area contributed by atoms with E-state index in [9.17, 15) is 4.79 Å². The molecule has 0 fully saturated rings. The smallest absolute Gasteiger partial charge is 0.252 e. The zero-order valence-corrected chi connectivity index (χ0v) is 13.1. The molecule has 0 atom stereocenters. The minimum absolute atomic E-state index is 0.0752. The lowest BCUT2D eigenvalue weighted by atomic mass is 10.1. The fourth-order valence-corrected chi connectivity index (χ4v) is 2.10. The van der Waals surface area contributed by atoms with Gasteiger partial charge in [0.25, 0.3) is 5.91 Å². The van der Waals surface area contributed by atoms with Crippen molar-refractivity contribution in [2.75, 3.05) is 6.54 Å². The van der Waals surface area contributed by atoms with Crippen LogP contribution in [0.4, 0.5) is 0 Å². The fourth-order valence-electron chi connectivity index (χ4n) is 2.10. The zero-order valence-electron chi connectivity index (χ0n) is 13.1. The van der Waals surface area contributed by atoms with Crippen molar-refractivity contribution in [3.63, 3.8) is 0 Å². The molecule has 2 aromatic rings. The van der Waals surface area contributed by atoms with E-state index >= 15 is 0 Å². The minimum Gasteiger partial charge on any atom is -0.491 e. The third-order valence-electron chi connectivity index (χ3n) is 3.15. The van der Waals surface area contributed by atoms with Gasteiger partial charge in [-0.15, -0.1) is 0 Å². The van der Waals surface area contributed by atoms with E-state index in [2.05, 4.69) is 22.4 Å². The van der Waals surface area contributed by atoms with Crippen molar-refractivity contribution >= 4 is 5.91 Å². The van der Waals surface area contributed by atoms with Gasteiger partial charge < -0.3 is 10.1 Å². The van der Waals surface area contributed by atoms with Gasteiger partial charge in [0.15, 0.2) is 0 Å². The number of hydrogen-bond acceptors (Lipinski definition) is 3. The monoisotopic (exact) mass is 298 g/mol. The third-order valence-corrected chi connectivity index (χ3v) is 3.15. The summed E-state index contributed by atoms with van der Waals surface area (Å²) in [5.41, 5.74) is 1.84.